The van der Waals surface area contributed by atoms with Gasteiger partial charge in [0.1, 0.15) is 5.75 Å². The van der Waals surface area contributed by atoms with Gasteiger partial charge in [0.15, 0.2) is 4.34 Å². The van der Waals surface area contributed by atoms with Gasteiger partial charge in [-0.2, -0.15) is 0 Å². The highest BCUT2D eigenvalue weighted by molar-refractivity contribution is 8.01. The zero-order valence-electron chi connectivity index (χ0n) is 14.9. The van der Waals surface area contributed by atoms with Crippen molar-refractivity contribution in [2.24, 2.45) is 0 Å². The Kier molecular flexibility index (Phi) is 5.27. The van der Waals surface area contributed by atoms with E-state index in [1.54, 1.807) is 31.4 Å². The molecule has 2 heterocycles. The van der Waals surface area contributed by atoms with E-state index in [0.29, 0.717) is 28.6 Å². The van der Waals surface area contributed by atoms with Crippen LogP contribution in [-0.2, 0) is 0 Å². The molecular weight excluding hydrogens is 396 g/mol. The van der Waals surface area contributed by atoms with Gasteiger partial charge in [-0.25, -0.2) is 0 Å². The Balaban J connectivity index is 1.33. The first-order valence-electron chi connectivity index (χ1n) is 8.48. The molecule has 0 bridgehead atoms. The van der Waals surface area contributed by atoms with Crippen molar-refractivity contribution in [3.8, 4) is 5.75 Å². The quantitative estimate of drug-likeness (QED) is 0.468. The van der Waals surface area contributed by atoms with E-state index in [4.69, 9.17) is 4.74 Å². The lowest BCUT2D eigenvalue weighted by atomic mass is 10.1. The van der Waals surface area contributed by atoms with Gasteiger partial charge in [0.2, 0.25) is 5.13 Å². The molecule has 3 aromatic rings. The standard InChI is InChI=1S/C19H16N4O3S2/c1-26-13-6-4-5-12(11-13)20-18-21-22-19(28-18)27-10-9-23-16(24)14-7-2-3-8-15(14)17(23)25/h2-8,11H,9-10H2,1H3,(H,20,21). The second-order valence-corrected chi connectivity index (χ2v) is 8.21. The van der Waals surface area contributed by atoms with Crippen LogP contribution in [0.2, 0.25) is 0 Å². The first-order chi connectivity index (χ1) is 13.7. The number of imide groups is 1. The minimum atomic E-state index is -0.237. The van der Waals surface area contributed by atoms with E-state index in [0.717, 1.165) is 15.8 Å². The molecule has 1 N–H and O–H groups in total. The molecule has 0 unspecified atom stereocenters. The Morgan fingerprint density at radius 1 is 1.07 bits per heavy atom. The number of fused-ring (bicyclic) bond motifs is 1. The number of hydrogen-bond acceptors (Lipinski definition) is 8. The summed E-state index contributed by atoms with van der Waals surface area (Å²) < 4.78 is 5.97. The molecule has 142 valence electrons. The van der Waals surface area contributed by atoms with Gasteiger partial charge in [0.25, 0.3) is 11.8 Å². The van der Waals surface area contributed by atoms with Crippen LogP contribution in [0.5, 0.6) is 5.75 Å². The molecule has 0 saturated heterocycles. The van der Waals surface area contributed by atoms with Crippen molar-refractivity contribution in [3.63, 3.8) is 0 Å². The number of methoxy groups -OCH3 is 1. The van der Waals surface area contributed by atoms with Crippen LogP contribution in [0, 0.1) is 0 Å². The molecule has 1 aliphatic heterocycles. The molecule has 0 fully saturated rings. The minimum absolute atomic E-state index is 0.237. The summed E-state index contributed by atoms with van der Waals surface area (Å²) in [6, 6.07) is 14.4. The number of rotatable bonds is 7. The monoisotopic (exact) mass is 412 g/mol. The maximum atomic E-state index is 12.4. The molecule has 2 amide bonds. The number of ether oxygens (including phenoxy) is 1. The first kappa shape index (κ1) is 18.5. The minimum Gasteiger partial charge on any atom is -0.497 e. The summed E-state index contributed by atoms with van der Waals surface area (Å²) >= 11 is 2.88. The molecule has 0 spiro atoms. The third-order valence-corrected chi connectivity index (χ3v) is 6.10. The fourth-order valence-corrected chi connectivity index (χ4v) is 4.58. The zero-order chi connectivity index (χ0) is 19.5. The van der Waals surface area contributed by atoms with Crippen molar-refractivity contribution >= 4 is 45.7 Å². The van der Waals surface area contributed by atoms with Crippen molar-refractivity contribution in [2.75, 3.05) is 24.7 Å². The molecule has 1 aliphatic rings. The number of thioether (sulfide) groups is 1. The number of hydrogen-bond donors (Lipinski definition) is 1. The van der Waals surface area contributed by atoms with Crippen LogP contribution < -0.4 is 10.1 Å². The summed E-state index contributed by atoms with van der Waals surface area (Å²) in [5.41, 5.74) is 1.80. The average molecular weight is 412 g/mol. The highest BCUT2D eigenvalue weighted by atomic mass is 32.2. The van der Waals surface area contributed by atoms with Crippen LogP contribution in [0.25, 0.3) is 0 Å². The number of carbonyl (C=O) groups excluding carboxylic acids is 2. The largest absolute Gasteiger partial charge is 0.497 e. The predicted octanol–water partition coefficient (Wildman–Crippen LogP) is 3.68. The van der Waals surface area contributed by atoms with Crippen LogP contribution in [0.3, 0.4) is 0 Å². The van der Waals surface area contributed by atoms with Gasteiger partial charge in [-0.3, -0.25) is 14.5 Å². The van der Waals surface area contributed by atoms with Gasteiger partial charge in [-0.15, -0.1) is 10.2 Å². The fraction of sp³-hybridized carbons (Fsp3) is 0.158. The Morgan fingerprint density at radius 2 is 1.82 bits per heavy atom. The van der Waals surface area contributed by atoms with E-state index >= 15 is 0 Å². The molecule has 9 heteroatoms. The smallest absolute Gasteiger partial charge is 0.261 e. The second kappa shape index (κ2) is 7.99. The zero-order valence-corrected chi connectivity index (χ0v) is 16.5. The number of nitrogens with zero attached hydrogens (tertiary/aromatic N) is 3. The Morgan fingerprint density at radius 3 is 2.54 bits per heavy atom. The average Bonchev–Trinajstić information content (AvgIpc) is 3.26. The number of nitrogens with one attached hydrogen (secondary N) is 1. The van der Waals surface area contributed by atoms with E-state index in [2.05, 4.69) is 15.5 Å². The molecule has 2 aromatic carbocycles. The van der Waals surface area contributed by atoms with Gasteiger partial charge in [-0.1, -0.05) is 41.3 Å². The summed E-state index contributed by atoms with van der Waals surface area (Å²) in [4.78, 5) is 26.0. The van der Waals surface area contributed by atoms with Gasteiger partial charge in [-0.05, 0) is 24.3 Å². The predicted molar refractivity (Wildman–Crippen MR) is 109 cm³/mol. The van der Waals surface area contributed by atoms with Crippen LogP contribution in [0.1, 0.15) is 20.7 Å². The maximum absolute atomic E-state index is 12.4. The lowest BCUT2D eigenvalue weighted by molar-refractivity contribution is 0.0664. The topological polar surface area (TPSA) is 84.4 Å². The SMILES string of the molecule is COc1cccc(Nc2nnc(SCCN3C(=O)c4ccccc4C3=O)s2)c1. The van der Waals surface area contributed by atoms with Crippen LogP contribution in [-0.4, -0.2) is 46.3 Å². The van der Waals surface area contributed by atoms with Gasteiger partial charge in [0.05, 0.1) is 18.2 Å². The Hall–Kier alpha value is -2.91. The summed E-state index contributed by atoms with van der Waals surface area (Å²) in [7, 11) is 1.62. The third-order valence-electron chi connectivity index (χ3n) is 4.15. The van der Waals surface area contributed by atoms with E-state index in [1.165, 1.54) is 28.0 Å². The van der Waals surface area contributed by atoms with E-state index < -0.39 is 0 Å². The lowest BCUT2D eigenvalue weighted by Gasteiger charge is -2.12. The highest BCUT2D eigenvalue weighted by Crippen LogP contribution is 2.29. The number of benzene rings is 2. The van der Waals surface area contributed by atoms with E-state index in [1.807, 2.05) is 24.3 Å². The number of amides is 2. The fourth-order valence-electron chi connectivity index (χ4n) is 2.81. The molecule has 28 heavy (non-hydrogen) atoms. The summed E-state index contributed by atoms with van der Waals surface area (Å²) in [6.45, 7) is 0.329. The van der Waals surface area contributed by atoms with Crippen molar-refractivity contribution in [2.45, 2.75) is 4.34 Å². The summed E-state index contributed by atoms with van der Waals surface area (Å²) in [5.74, 6) is 0.835. The van der Waals surface area contributed by atoms with Crippen molar-refractivity contribution in [1.29, 1.82) is 0 Å². The molecule has 0 aliphatic carbocycles. The molecule has 0 atom stereocenters. The maximum Gasteiger partial charge on any atom is 0.261 e. The summed E-state index contributed by atoms with van der Waals surface area (Å²) in [5, 5.41) is 12.1. The van der Waals surface area contributed by atoms with E-state index in [-0.39, 0.29) is 11.8 Å². The normalized spacial score (nSPS) is 13.0. The lowest BCUT2D eigenvalue weighted by Crippen LogP contribution is -2.31. The van der Waals surface area contributed by atoms with Crippen molar-refractivity contribution < 1.29 is 14.3 Å². The molecule has 0 saturated carbocycles. The Bertz CT molecular complexity index is 1000. The summed E-state index contributed by atoms with van der Waals surface area (Å²) in [6.07, 6.45) is 0. The second-order valence-electron chi connectivity index (χ2n) is 5.89. The van der Waals surface area contributed by atoms with Crippen molar-refractivity contribution in [1.82, 2.24) is 15.1 Å². The van der Waals surface area contributed by atoms with Gasteiger partial charge in [0, 0.05) is 24.1 Å². The van der Waals surface area contributed by atoms with E-state index in [9.17, 15) is 9.59 Å². The molecule has 7 nitrogen and oxygen atoms in total. The Labute approximate surface area is 169 Å². The van der Waals surface area contributed by atoms with Gasteiger partial charge < -0.3 is 10.1 Å². The molecular formula is C19H16N4O3S2. The van der Waals surface area contributed by atoms with Crippen LogP contribution in [0.4, 0.5) is 10.8 Å². The molecule has 1 aromatic heterocycles. The number of carbonyl (C=O) groups is 2. The number of anilines is 2. The third kappa shape index (κ3) is 3.71. The highest BCUT2D eigenvalue weighted by Gasteiger charge is 2.34. The molecule has 4 rings (SSSR count). The van der Waals surface area contributed by atoms with Crippen LogP contribution in [0.15, 0.2) is 52.9 Å². The first-order valence-corrected chi connectivity index (χ1v) is 10.3. The molecule has 0 radical (unpaired) electrons. The number of aromatic nitrogens is 2. The van der Waals surface area contributed by atoms with Gasteiger partial charge >= 0.3 is 0 Å². The van der Waals surface area contributed by atoms with Crippen LogP contribution >= 0.6 is 23.1 Å². The van der Waals surface area contributed by atoms with Crippen molar-refractivity contribution in [3.05, 3.63) is 59.7 Å².